The van der Waals surface area contributed by atoms with Crippen molar-refractivity contribution in [3.8, 4) is 0 Å². The van der Waals surface area contributed by atoms with Crippen molar-refractivity contribution in [3.05, 3.63) is 42.7 Å². The molecule has 1 aromatic rings. The van der Waals surface area contributed by atoms with Crippen molar-refractivity contribution in [1.82, 2.24) is 10.3 Å². The molecule has 0 unspecified atom stereocenters. The third-order valence-electron chi connectivity index (χ3n) is 2.42. The van der Waals surface area contributed by atoms with E-state index in [2.05, 4.69) is 16.9 Å². The van der Waals surface area contributed by atoms with E-state index in [4.69, 9.17) is 0 Å². The molecule has 0 spiro atoms. The normalized spacial score (nSPS) is 24.0. The van der Waals surface area contributed by atoms with Gasteiger partial charge in [0, 0.05) is 24.4 Å². The lowest BCUT2D eigenvalue weighted by molar-refractivity contribution is -0.116. The van der Waals surface area contributed by atoms with Crippen LogP contribution in [0.25, 0.3) is 0 Å². The highest BCUT2D eigenvalue weighted by Gasteiger charge is 2.39. The summed E-state index contributed by atoms with van der Waals surface area (Å²) in [4.78, 5) is 15.0. The molecule has 0 radical (unpaired) electrons. The van der Waals surface area contributed by atoms with E-state index in [-0.39, 0.29) is 11.9 Å². The number of pyridine rings is 1. The monoisotopic (exact) mass is 188 g/mol. The van der Waals surface area contributed by atoms with Gasteiger partial charge in [-0.2, -0.15) is 0 Å². The van der Waals surface area contributed by atoms with Crippen LogP contribution in [0, 0.1) is 0 Å². The predicted molar refractivity (Wildman–Crippen MR) is 53.7 cm³/mol. The summed E-state index contributed by atoms with van der Waals surface area (Å²) in [6, 6.07) is 4.22. The van der Waals surface area contributed by atoms with Crippen molar-refractivity contribution >= 4 is 5.91 Å². The average Bonchev–Trinajstić information content (AvgIpc) is 2.98. The SMILES string of the molecule is C=CC(=O)N[C@H]1C[C@@H]1c1cccnc1. The fourth-order valence-electron chi connectivity index (χ4n) is 1.56. The molecule has 1 amide bonds. The Kier molecular flexibility index (Phi) is 2.31. The Balaban J connectivity index is 1.94. The van der Waals surface area contributed by atoms with Crippen molar-refractivity contribution in [1.29, 1.82) is 0 Å². The molecule has 1 heterocycles. The Morgan fingerprint density at radius 3 is 3.21 bits per heavy atom. The number of rotatable bonds is 3. The first-order chi connectivity index (χ1) is 6.81. The summed E-state index contributed by atoms with van der Waals surface area (Å²) in [6.07, 6.45) is 5.91. The van der Waals surface area contributed by atoms with Crippen molar-refractivity contribution < 1.29 is 4.79 Å². The number of hydrogen-bond acceptors (Lipinski definition) is 2. The molecule has 1 N–H and O–H groups in total. The van der Waals surface area contributed by atoms with E-state index in [1.807, 2.05) is 18.3 Å². The van der Waals surface area contributed by atoms with Crippen LogP contribution >= 0.6 is 0 Å². The van der Waals surface area contributed by atoms with Gasteiger partial charge in [0.05, 0.1) is 0 Å². The van der Waals surface area contributed by atoms with Gasteiger partial charge < -0.3 is 5.32 Å². The first-order valence-corrected chi connectivity index (χ1v) is 4.64. The second-order valence-electron chi connectivity index (χ2n) is 3.45. The van der Waals surface area contributed by atoms with E-state index < -0.39 is 0 Å². The molecule has 0 aliphatic heterocycles. The summed E-state index contributed by atoms with van der Waals surface area (Å²) in [7, 11) is 0. The summed E-state index contributed by atoms with van der Waals surface area (Å²) in [5, 5.41) is 2.87. The predicted octanol–water partition coefficient (Wildman–Crippen LogP) is 1.24. The van der Waals surface area contributed by atoms with E-state index in [0.29, 0.717) is 5.92 Å². The van der Waals surface area contributed by atoms with Crippen LogP contribution in [0.15, 0.2) is 37.2 Å². The van der Waals surface area contributed by atoms with E-state index >= 15 is 0 Å². The minimum absolute atomic E-state index is 0.0959. The summed E-state index contributed by atoms with van der Waals surface area (Å²) >= 11 is 0. The Morgan fingerprint density at radius 1 is 1.71 bits per heavy atom. The largest absolute Gasteiger partial charge is 0.349 e. The van der Waals surface area contributed by atoms with Gasteiger partial charge in [0.25, 0.3) is 0 Å². The third kappa shape index (κ3) is 1.82. The molecular formula is C11H12N2O. The van der Waals surface area contributed by atoms with Crippen molar-refractivity contribution in [2.24, 2.45) is 0 Å². The van der Waals surface area contributed by atoms with Gasteiger partial charge in [-0.3, -0.25) is 9.78 Å². The molecule has 3 heteroatoms. The number of carbonyl (C=O) groups is 1. The van der Waals surface area contributed by atoms with Crippen LogP contribution in [0.5, 0.6) is 0 Å². The first-order valence-electron chi connectivity index (χ1n) is 4.64. The van der Waals surface area contributed by atoms with Crippen LogP contribution in [0.1, 0.15) is 17.9 Å². The second kappa shape index (κ2) is 3.62. The minimum atomic E-state index is -0.0959. The van der Waals surface area contributed by atoms with Crippen LogP contribution in [-0.2, 0) is 4.79 Å². The molecular weight excluding hydrogens is 176 g/mol. The molecule has 2 rings (SSSR count). The molecule has 1 fully saturated rings. The Hall–Kier alpha value is -1.64. The maximum atomic E-state index is 11.0. The van der Waals surface area contributed by atoms with Gasteiger partial charge in [-0.05, 0) is 24.1 Å². The maximum Gasteiger partial charge on any atom is 0.243 e. The van der Waals surface area contributed by atoms with Gasteiger partial charge in [0.2, 0.25) is 5.91 Å². The lowest BCUT2D eigenvalue weighted by Crippen LogP contribution is -2.24. The molecule has 14 heavy (non-hydrogen) atoms. The van der Waals surface area contributed by atoms with Gasteiger partial charge in [-0.25, -0.2) is 0 Å². The second-order valence-corrected chi connectivity index (χ2v) is 3.45. The van der Waals surface area contributed by atoms with Crippen LogP contribution in [0.4, 0.5) is 0 Å². The van der Waals surface area contributed by atoms with Gasteiger partial charge in [0.15, 0.2) is 0 Å². The van der Waals surface area contributed by atoms with Gasteiger partial charge in [-0.15, -0.1) is 0 Å². The lowest BCUT2D eigenvalue weighted by Gasteiger charge is -2.00. The number of aromatic nitrogens is 1. The van der Waals surface area contributed by atoms with Crippen LogP contribution < -0.4 is 5.32 Å². The van der Waals surface area contributed by atoms with Crippen molar-refractivity contribution in [3.63, 3.8) is 0 Å². The molecule has 3 nitrogen and oxygen atoms in total. The molecule has 0 saturated heterocycles. The highest BCUT2D eigenvalue weighted by Crippen LogP contribution is 2.40. The number of nitrogens with zero attached hydrogens (tertiary/aromatic N) is 1. The lowest BCUT2D eigenvalue weighted by atomic mass is 10.2. The van der Waals surface area contributed by atoms with Crippen LogP contribution in [0.2, 0.25) is 0 Å². The first kappa shape index (κ1) is 8.94. The van der Waals surface area contributed by atoms with Gasteiger partial charge >= 0.3 is 0 Å². The number of amides is 1. The quantitative estimate of drug-likeness (QED) is 0.725. The maximum absolute atomic E-state index is 11.0. The summed E-state index contributed by atoms with van der Waals surface area (Å²) in [6.45, 7) is 3.41. The zero-order chi connectivity index (χ0) is 9.97. The number of nitrogens with one attached hydrogen (secondary N) is 1. The standard InChI is InChI=1S/C11H12N2O/c1-2-11(14)13-10-6-9(10)8-4-3-5-12-7-8/h2-5,7,9-10H,1,6H2,(H,13,14)/t9-,10+/m1/s1. The third-order valence-corrected chi connectivity index (χ3v) is 2.42. The molecule has 1 aromatic heterocycles. The molecule has 0 bridgehead atoms. The Morgan fingerprint density at radius 2 is 2.57 bits per heavy atom. The highest BCUT2D eigenvalue weighted by atomic mass is 16.1. The topological polar surface area (TPSA) is 42.0 Å². The zero-order valence-electron chi connectivity index (χ0n) is 7.81. The Bertz CT molecular complexity index is 348. The van der Waals surface area contributed by atoms with Crippen LogP contribution in [-0.4, -0.2) is 16.9 Å². The summed E-state index contributed by atoms with van der Waals surface area (Å²) < 4.78 is 0. The van der Waals surface area contributed by atoms with E-state index in [0.717, 1.165) is 6.42 Å². The van der Waals surface area contributed by atoms with E-state index in [1.165, 1.54) is 11.6 Å². The molecule has 0 aromatic carbocycles. The zero-order valence-corrected chi connectivity index (χ0v) is 7.81. The van der Waals surface area contributed by atoms with Crippen molar-refractivity contribution in [2.75, 3.05) is 0 Å². The average molecular weight is 188 g/mol. The fraction of sp³-hybridized carbons (Fsp3) is 0.273. The van der Waals surface area contributed by atoms with Gasteiger partial charge in [0.1, 0.15) is 0 Å². The molecule has 72 valence electrons. The molecule has 1 aliphatic carbocycles. The minimum Gasteiger partial charge on any atom is -0.349 e. The fourth-order valence-corrected chi connectivity index (χ4v) is 1.56. The number of hydrogen-bond donors (Lipinski definition) is 1. The molecule has 2 atom stereocenters. The van der Waals surface area contributed by atoms with Crippen LogP contribution in [0.3, 0.4) is 0 Å². The highest BCUT2D eigenvalue weighted by molar-refractivity contribution is 5.87. The van der Waals surface area contributed by atoms with E-state index in [1.54, 1.807) is 6.20 Å². The molecule has 1 aliphatic rings. The summed E-state index contributed by atoms with van der Waals surface area (Å²) in [5.41, 5.74) is 1.20. The summed E-state index contributed by atoms with van der Waals surface area (Å²) in [5.74, 6) is 0.342. The van der Waals surface area contributed by atoms with E-state index in [9.17, 15) is 4.79 Å². The molecule has 1 saturated carbocycles. The van der Waals surface area contributed by atoms with Crippen molar-refractivity contribution in [2.45, 2.75) is 18.4 Å². The van der Waals surface area contributed by atoms with Gasteiger partial charge in [-0.1, -0.05) is 12.6 Å². The smallest absolute Gasteiger partial charge is 0.243 e. The number of carbonyl (C=O) groups excluding carboxylic acids is 1. The Labute approximate surface area is 82.9 Å².